The minimum absolute atomic E-state index is 0.0889. The van der Waals surface area contributed by atoms with Crippen LogP contribution in [0.2, 0.25) is 0 Å². The summed E-state index contributed by atoms with van der Waals surface area (Å²) in [6.07, 6.45) is 1.71. The zero-order chi connectivity index (χ0) is 25.4. The number of carbonyl (C=O) groups is 1. The highest BCUT2D eigenvalue weighted by Gasteiger charge is 2.33. The Bertz CT molecular complexity index is 1330. The maximum Gasteiger partial charge on any atom is 0.407 e. The average molecular weight is 559 g/mol. The molecule has 1 aromatic carbocycles. The van der Waals surface area contributed by atoms with Crippen LogP contribution in [0.5, 0.6) is 6.01 Å². The Kier molecular flexibility index (Phi) is 6.87. The first-order chi connectivity index (χ1) is 17.4. The average Bonchev–Trinajstić information content (AvgIpc) is 3.49. The Labute approximate surface area is 216 Å². The lowest BCUT2D eigenvalue weighted by Crippen LogP contribution is -2.55. The van der Waals surface area contributed by atoms with Crippen molar-refractivity contribution in [2.45, 2.75) is 31.0 Å². The number of ether oxygens (including phenoxy) is 2. The van der Waals surface area contributed by atoms with Gasteiger partial charge in [0.25, 0.3) is 0 Å². The minimum Gasteiger partial charge on any atom is -0.465 e. The van der Waals surface area contributed by atoms with Gasteiger partial charge in [-0.05, 0) is 41.5 Å². The second-order valence-corrected chi connectivity index (χ2v) is 10.0. The predicted molar refractivity (Wildman–Crippen MR) is 135 cm³/mol. The quantitative estimate of drug-likeness (QED) is 0.480. The first-order valence-corrected chi connectivity index (χ1v) is 12.5. The van der Waals surface area contributed by atoms with Gasteiger partial charge in [0.2, 0.25) is 0 Å². The second-order valence-electron chi connectivity index (χ2n) is 9.18. The van der Waals surface area contributed by atoms with Crippen molar-refractivity contribution in [3.05, 3.63) is 22.9 Å². The molecule has 2 aliphatic heterocycles. The van der Waals surface area contributed by atoms with Crippen LogP contribution in [0.25, 0.3) is 21.9 Å². The second kappa shape index (κ2) is 10.1. The summed E-state index contributed by atoms with van der Waals surface area (Å²) in [7, 11) is 3.76. The summed E-state index contributed by atoms with van der Waals surface area (Å²) in [5.74, 6) is 0.602. The van der Waals surface area contributed by atoms with E-state index in [2.05, 4.69) is 31.9 Å². The normalized spacial score (nSPS) is 22.9. The molecule has 2 aliphatic rings. The van der Waals surface area contributed by atoms with Crippen LogP contribution in [0.1, 0.15) is 12.8 Å². The fourth-order valence-electron chi connectivity index (χ4n) is 5.09. The van der Waals surface area contributed by atoms with Crippen molar-refractivity contribution in [3.63, 3.8) is 0 Å². The molecule has 0 aliphatic carbocycles. The molecule has 4 heterocycles. The SMILES string of the molecule is CO[C@@H]1C[C@@H](COc2nc(N3CCN(C(=O)O)[C@@H](CC#N)C3)c3c(cc(Br)c4ccoc43)n2)N(C)C1. The number of aromatic nitrogens is 2. The molecule has 5 rings (SSSR count). The largest absolute Gasteiger partial charge is 0.465 e. The van der Waals surface area contributed by atoms with E-state index in [1.807, 2.05) is 24.1 Å². The van der Waals surface area contributed by atoms with Gasteiger partial charge in [-0.25, -0.2) is 4.79 Å². The van der Waals surface area contributed by atoms with E-state index in [1.165, 1.54) is 4.90 Å². The van der Waals surface area contributed by atoms with Crippen molar-refractivity contribution in [2.75, 3.05) is 51.8 Å². The number of carboxylic acid groups (broad SMARTS) is 1. The highest BCUT2D eigenvalue weighted by atomic mass is 79.9. The Morgan fingerprint density at radius 2 is 2.17 bits per heavy atom. The number of halogens is 1. The van der Waals surface area contributed by atoms with Gasteiger partial charge in [0.1, 0.15) is 18.0 Å². The number of anilines is 1. The predicted octanol–water partition coefficient (Wildman–Crippen LogP) is 3.32. The van der Waals surface area contributed by atoms with Crippen molar-refractivity contribution >= 4 is 49.7 Å². The molecule has 190 valence electrons. The van der Waals surface area contributed by atoms with E-state index in [0.29, 0.717) is 36.6 Å². The van der Waals surface area contributed by atoms with E-state index in [0.717, 1.165) is 28.2 Å². The topological polar surface area (TPSA) is 128 Å². The van der Waals surface area contributed by atoms with Gasteiger partial charge in [-0.1, -0.05) is 0 Å². The maximum atomic E-state index is 11.7. The van der Waals surface area contributed by atoms with E-state index < -0.39 is 12.1 Å². The van der Waals surface area contributed by atoms with E-state index in [9.17, 15) is 15.2 Å². The third-order valence-electron chi connectivity index (χ3n) is 7.05. The minimum atomic E-state index is -1.03. The van der Waals surface area contributed by atoms with E-state index in [1.54, 1.807) is 13.4 Å². The van der Waals surface area contributed by atoms with E-state index in [4.69, 9.17) is 18.9 Å². The molecule has 36 heavy (non-hydrogen) atoms. The van der Waals surface area contributed by atoms with Crippen molar-refractivity contribution < 1.29 is 23.8 Å². The van der Waals surface area contributed by atoms with Crippen LogP contribution in [0.4, 0.5) is 10.6 Å². The summed E-state index contributed by atoms with van der Waals surface area (Å²) in [5.41, 5.74) is 1.29. The molecule has 11 nitrogen and oxygen atoms in total. The number of methoxy groups -OCH3 is 1. The number of rotatable bonds is 6. The van der Waals surface area contributed by atoms with Crippen molar-refractivity contribution in [2.24, 2.45) is 0 Å². The zero-order valence-corrected chi connectivity index (χ0v) is 21.6. The summed E-state index contributed by atoms with van der Waals surface area (Å²) in [6.45, 7) is 2.25. The van der Waals surface area contributed by atoms with E-state index >= 15 is 0 Å². The highest BCUT2D eigenvalue weighted by molar-refractivity contribution is 9.10. The Morgan fingerprint density at radius 1 is 1.33 bits per heavy atom. The molecule has 0 unspecified atom stereocenters. The summed E-state index contributed by atoms with van der Waals surface area (Å²) in [6, 6.07) is 5.83. The summed E-state index contributed by atoms with van der Waals surface area (Å²) < 4.78 is 18.3. The zero-order valence-electron chi connectivity index (χ0n) is 20.1. The standard InChI is InChI=1S/C24H27BrN6O5/c1-29-12-16(34-2)9-15(29)13-36-23-27-19-10-18(25)17-4-8-35-21(17)20(19)22(28-23)30-6-7-31(24(32)33)14(11-30)3-5-26/h4,8,10,14-16H,3,6-7,9,11-13H2,1-2H3,(H,32,33)/t14-,15-,16+/m0/s1. The van der Waals surface area contributed by atoms with Crippen LogP contribution in [-0.4, -0.2) is 96.1 Å². The number of furan rings is 1. The van der Waals surface area contributed by atoms with Gasteiger partial charge >= 0.3 is 12.1 Å². The Morgan fingerprint density at radius 3 is 2.89 bits per heavy atom. The fraction of sp³-hybridized carbons (Fsp3) is 0.500. The lowest BCUT2D eigenvalue weighted by atomic mass is 10.1. The van der Waals surface area contributed by atoms with Gasteiger partial charge in [0.15, 0.2) is 0 Å². The highest BCUT2D eigenvalue weighted by Crippen LogP contribution is 2.38. The molecule has 1 amide bonds. The smallest absolute Gasteiger partial charge is 0.407 e. The summed E-state index contributed by atoms with van der Waals surface area (Å²) >= 11 is 3.61. The molecule has 0 radical (unpaired) electrons. The third kappa shape index (κ3) is 4.54. The number of fused-ring (bicyclic) bond motifs is 3. The fourth-order valence-corrected chi connectivity index (χ4v) is 5.62. The number of hydrogen-bond donors (Lipinski definition) is 1. The van der Waals surface area contributed by atoms with Gasteiger partial charge in [0, 0.05) is 49.2 Å². The number of likely N-dealkylation sites (tertiary alicyclic amines) is 1. The number of benzene rings is 1. The summed E-state index contributed by atoms with van der Waals surface area (Å²) in [4.78, 5) is 26.7. The monoisotopic (exact) mass is 558 g/mol. The van der Waals surface area contributed by atoms with Crippen LogP contribution in [-0.2, 0) is 4.74 Å². The van der Waals surface area contributed by atoms with Crippen molar-refractivity contribution in [1.29, 1.82) is 5.26 Å². The van der Waals surface area contributed by atoms with Gasteiger partial charge < -0.3 is 28.8 Å². The molecule has 0 bridgehead atoms. The molecule has 2 fully saturated rings. The molecule has 3 atom stereocenters. The molecule has 2 aromatic heterocycles. The van der Waals surface area contributed by atoms with Crippen LogP contribution >= 0.6 is 15.9 Å². The van der Waals surface area contributed by atoms with E-state index in [-0.39, 0.29) is 31.1 Å². The molecular formula is C24H27BrN6O5. The number of amides is 1. The molecule has 0 spiro atoms. The van der Waals surface area contributed by atoms with Crippen molar-refractivity contribution in [3.8, 4) is 12.1 Å². The van der Waals surface area contributed by atoms with Crippen LogP contribution in [0.3, 0.4) is 0 Å². The molecule has 2 saturated heterocycles. The third-order valence-corrected chi connectivity index (χ3v) is 7.71. The Hall–Kier alpha value is -3.14. The molecule has 12 heteroatoms. The number of piperazine rings is 1. The number of hydrogen-bond acceptors (Lipinski definition) is 9. The van der Waals surface area contributed by atoms with Crippen molar-refractivity contribution in [1.82, 2.24) is 19.8 Å². The van der Waals surface area contributed by atoms with Crippen LogP contribution < -0.4 is 9.64 Å². The van der Waals surface area contributed by atoms with Crippen LogP contribution in [0, 0.1) is 11.3 Å². The maximum absolute atomic E-state index is 11.7. The lowest BCUT2D eigenvalue weighted by molar-refractivity contribution is 0.111. The van der Waals surface area contributed by atoms with Gasteiger partial charge in [-0.15, -0.1) is 0 Å². The number of likely N-dealkylation sites (N-methyl/N-ethyl adjacent to an activating group) is 1. The number of nitrogens with zero attached hydrogens (tertiary/aromatic N) is 6. The van der Waals surface area contributed by atoms with Gasteiger partial charge in [-0.2, -0.15) is 15.2 Å². The first kappa shape index (κ1) is 24.5. The van der Waals surface area contributed by atoms with Crippen LogP contribution in [0.15, 0.2) is 27.3 Å². The molecular weight excluding hydrogens is 532 g/mol. The molecule has 1 N–H and O–H groups in total. The van der Waals surface area contributed by atoms with Gasteiger partial charge in [-0.3, -0.25) is 4.90 Å². The molecule has 0 saturated carbocycles. The first-order valence-electron chi connectivity index (χ1n) is 11.7. The van der Waals surface area contributed by atoms with Gasteiger partial charge in [0.05, 0.1) is 41.8 Å². The Balaban J connectivity index is 1.52. The summed E-state index contributed by atoms with van der Waals surface area (Å²) in [5, 5.41) is 20.5. The number of nitriles is 1. The lowest BCUT2D eigenvalue weighted by Gasteiger charge is -2.39. The molecule has 3 aromatic rings.